The van der Waals surface area contributed by atoms with Gasteiger partial charge in [0.2, 0.25) is 0 Å². The van der Waals surface area contributed by atoms with Crippen LogP contribution in [0.25, 0.3) is 6.08 Å². The number of hydrogen-bond acceptors (Lipinski definition) is 4. The molecule has 4 rings (SSSR count). The SMILES string of the molecule is C/C=C/c1c(O)ccc2c1OC[C@@H]1c3ccc(OC)cc3O[C@H]21. The summed E-state index contributed by atoms with van der Waals surface area (Å²) in [5.41, 5.74) is 2.82. The Morgan fingerprint density at radius 3 is 2.83 bits per heavy atom. The van der Waals surface area contributed by atoms with Crippen LogP contribution >= 0.6 is 0 Å². The first kappa shape index (κ1) is 14.0. The fourth-order valence-electron chi connectivity index (χ4n) is 3.38. The summed E-state index contributed by atoms with van der Waals surface area (Å²) in [6.45, 7) is 2.45. The highest BCUT2D eigenvalue weighted by molar-refractivity contribution is 5.68. The molecule has 0 fully saturated rings. The first-order valence-corrected chi connectivity index (χ1v) is 7.69. The van der Waals surface area contributed by atoms with Gasteiger partial charge in [-0.25, -0.2) is 0 Å². The van der Waals surface area contributed by atoms with Gasteiger partial charge in [-0.05, 0) is 25.1 Å². The fourth-order valence-corrected chi connectivity index (χ4v) is 3.38. The quantitative estimate of drug-likeness (QED) is 0.909. The third-order valence-corrected chi connectivity index (χ3v) is 4.49. The van der Waals surface area contributed by atoms with Crippen LogP contribution in [0.3, 0.4) is 0 Å². The molecule has 23 heavy (non-hydrogen) atoms. The van der Waals surface area contributed by atoms with Crippen molar-refractivity contribution in [3.05, 3.63) is 53.1 Å². The summed E-state index contributed by atoms with van der Waals surface area (Å²) in [5.74, 6) is 2.72. The van der Waals surface area contributed by atoms with Gasteiger partial charge in [0.15, 0.2) is 0 Å². The Hall–Kier alpha value is -2.62. The highest BCUT2D eigenvalue weighted by atomic mass is 16.5. The van der Waals surface area contributed by atoms with Crippen molar-refractivity contribution in [1.29, 1.82) is 0 Å². The normalized spacial score (nSPS) is 21.1. The molecule has 0 bridgehead atoms. The van der Waals surface area contributed by atoms with Gasteiger partial charge in [0, 0.05) is 17.2 Å². The van der Waals surface area contributed by atoms with E-state index in [1.807, 2.05) is 43.3 Å². The molecule has 0 saturated heterocycles. The van der Waals surface area contributed by atoms with E-state index < -0.39 is 0 Å². The number of ether oxygens (including phenoxy) is 3. The van der Waals surface area contributed by atoms with Gasteiger partial charge in [0.1, 0.15) is 29.1 Å². The van der Waals surface area contributed by atoms with Crippen LogP contribution in [-0.2, 0) is 0 Å². The molecule has 2 heterocycles. The molecule has 0 saturated carbocycles. The van der Waals surface area contributed by atoms with Gasteiger partial charge in [0.05, 0.1) is 25.2 Å². The number of rotatable bonds is 2. The average Bonchev–Trinajstić information content (AvgIpc) is 2.95. The molecule has 4 heteroatoms. The number of methoxy groups -OCH3 is 1. The lowest BCUT2D eigenvalue weighted by Gasteiger charge is -2.29. The van der Waals surface area contributed by atoms with Crippen molar-refractivity contribution in [3.8, 4) is 23.0 Å². The fraction of sp³-hybridized carbons (Fsp3) is 0.263. The molecule has 0 amide bonds. The second-order valence-corrected chi connectivity index (χ2v) is 5.78. The van der Waals surface area contributed by atoms with E-state index in [2.05, 4.69) is 0 Å². The van der Waals surface area contributed by atoms with Crippen LogP contribution in [0.15, 0.2) is 36.4 Å². The largest absolute Gasteiger partial charge is 0.507 e. The van der Waals surface area contributed by atoms with Gasteiger partial charge in [0.25, 0.3) is 0 Å². The zero-order chi connectivity index (χ0) is 16.0. The minimum absolute atomic E-state index is 0.0922. The Kier molecular flexibility index (Phi) is 3.18. The highest BCUT2D eigenvalue weighted by Crippen LogP contribution is 2.53. The predicted octanol–water partition coefficient (Wildman–Crippen LogP) is 4.04. The summed E-state index contributed by atoms with van der Waals surface area (Å²) in [4.78, 5) is 0. The van der Waals surface area contributed by atoms with Crippen molar-refractivity contribution < 1.29 is 19.3 Å². The van der Waals surface area contributed by atoms with E-state index in [-0.39, 0.29) is 17.8 Å². The lowest BCUT2D eigenvalue weighted by molar-refractivity contribution is 0.139. The maximum absolute atomic E-state index is 10.1. The molecular weight excluding hydrogens is 292 g/mol. The lowest BCUT2D eigenvalue weighted by Crippen LogP contribution is -2.23. The minimum atomic E-state index is -0.0922. The van der Waals surface area contributed by atoms with Gasteiger partial charge in [-0.1, -0.05) is 18.2 Å². The maximum atomic E-state index is 10.1. The molecule has 4 nitrogen and oxygen atoms in total. The third kappa shape index (κ3) is 2.05. The summed E-state index contributed by atoms with van der Waals surface area (Å²) in [6.07, 6.45) is 3.66. The average molecular weight is 310 g/mol. The van der Waals surface area contributed by atoms with E-state index in [4.69, 9.17) is 14.2 Å². The van der Waals surface area contributed by atoms with E-state index in [0.717, 1.165) is 22.6 Å². The van der Waals surface area contributed by atoms with Crippen LogP contribution in [0.2, 0.25) is 0 Å². The zero-order valence-corrected chi connectivity index (χ0v) is 13.1. The molecule has 0 radical (unpaired) electrons. The van der Waals surface area contributed by atoms with Gasteiger partial charge >= 0.3 is 0 Å². The summed E-state index contributed by atoms with van der Waals surface area (Å²) in [5, 5.41) is 10.1. The molecule has 0 spiro atoms. The Bertz CT molecular complexity index is 794. The van der Waals surface area contributed by atoms with E-state index >= 15 is 0 Å². The first-order valence-electron chi connectivity index (χ1n) is 7.69. The van der Waals surface area contributed by atoms with E-state index in [9.17, 15) is 5.11 Å². The first-order chi connectivity index (χ1) is 11.2. The van der Waals surface area contributed by atoms with Crippen LogP contribution in [0.4, 0.5) is 0 Å². The molecule has 2 aromatic rings. The molecule has 0 unspecified atom stereocenters. The second kappa shape index (κ2) is 5.23. The summed E-state index contributed by atoms with van der Waals surface area (Å²) in [6, 6.07) is 9.49. The van der Waals surface area contributed by atoms with Crippen LogP contribution in [-0.4, -0.2) is 18.8 Å². The Balaban J connectivity index is 1.80. The molecular formula is C19H18O4. The summed E-state index contributed by atoms with van der Waals surface area (Å²) < 4.78 is 17.5. The molecule has 2 aliphatic rings. The Morgan fingerprint density at radius 2 is 2.04 bits per heavy atom. The van der Waals surface area contributed by atoms with Crippen LogP contribution in [0.5, 0.6) is 23.0 Å². The molecule has 0 aromatic heterocycles. The van der Waals surface area contributed by atoms with Crippen molar-refractivity contribution in [2.24, 2.45) is 0 Å². The van der Waals surface area contributed by atoms with Crippen LogP contribution in [0.1, 0.15) is 35.6 Å². The molecule has 2 aromatic carbocycles. The van der Waals surface area contributed by atoms with Crippen molar-refractivity contribution in [3.63, 3.8) is 0 Å². The number of benzene rings is 2. The second-order valence-electron chi connectivity index (χ2n) is 5.78. The highest BCUT2D eigenvalue weighted by Gasteiger charge is 2.41. The topological polar surface area (TPSA) is 47.9 Å². The molecule has 1 N–H and O–H groups in total. The molecule has 0 aliphatic carbocycles. The van der Waals surface area contributed by atoms with Gasteiger partial charge in [-0.15, -0.1) is 0 Å². The van der Waals surface area contributed by atoms with Crippen LogP contribution in [0, 0.1) is 0 Å². The van der Waals surface area contributed by atoms with Gasteiger partial charge in [-0.3, -0.25) is 0 Å². The van der Waals surface area contributed by atoms with E-state index in [0.29, 0.717) is 17.9 Å². The predicted molar refractivity (Wildman–Crippen MR) is 87.4 cm³/mol. The summed E-state index contributed by atoms with van der Waals surface area (Å²) >= 11 is 0. The van der Waals surface area contributed by atoms with Crippen LogP contribution < -0.4 is 14.2 Å². The smallest absolute Gasteiger partial charge is 0.138 e. The number of aromatic hydroxyl groups is 1. The van der Waals surface area contributed by atoms with E-state index in [1.165, 1.54) is 0 Å². The van der Waals surface area contributed by atoms with E-state index in [1.54, 1.807) is 13.2 Å². The van der Waals surface area contributed by atoms with Gasteiger partial charge in [-0.2, -0.15) is 0 Å². The van der Waals surface area contributed by atoms with Crippen molar-refractivity contribution >= 4 is 6.08 Å². The zero-order valence-electron chi connectivity index (χ0n) is 13.1. The number of allylic oxidation sites excluding steroid dienone is 1. The molecule has 118 valence electrons. The van der Waals surface area contributed by atoms with Crippen molar-refractivity contribution in [2.45, 2.75) is 18.9 Å². The number of hydrogen-bond donors (Lipinski definition) is 1. The maximum Gasteiger partial charge on any atom is 0.138 e. The monoisotopic (exact) mass is 310 g/mol. The lowest BCUT2D eigenvalue weighted by atomic mass is 9.88. The summed E-state index contributed by atoms with van der Waals surface area (Å²) in [7, 11) is 1.65. The minimum Gasteiger partial charge on any atom is -0.507 e. The van der Waals surface area contributed by atoms with Crippen molar-refractivity contribution in [1.82, 2.24) is 0 Å². The number of phenols is 1. The number of phenolic OH excluding ortho intramolecular Hbond substituents is 1. The van der Waals surface area contributed by atoms with Crippen molar-refractivity contribution in [2.75, 3.05) is 13.7 Å². The van der Waals surface area contributed by atoms with Gasteiger partial charge < -0.3 is 19.3 Å². The molecule has 2 atom stereocenters. The Labute approximate surface area is 134 Å². The molecule has 2 aliphatic heterocycles. The third-order valence-electron chi connectivity index (χ3n) is 4.49. The Morgan fingerprint density at radius 1 is 1.22 bits per heavy atom. The standard InChI is InChI=1S/C19H18O4/c1-3-4-13-16(20)8-7-14-18(13)22-10-15-12-6-5-11(21-2)9-17(12)23-19(14)15/h3-9,15,19-20H,10H2,1-2H3/b4-3+/t15-,19-/m1/s1. The number of fused-ring (bicyclic) bond motifs is 5.